The van der Waals surface area contributed by atoms with Crippen molar-refractivity contribution in [3.05, 3.63) is 15.6 Å². The molecule has 1 rings (SSSR count). The van der Waals surface area contributed by atoms with E-state index in [1.54, 1.807) is 7.05 Å². The first-order valence-corrected chi connectivity index (χ1v) is 4.76. The second-order valence-corrected chi connectivity index (χ2v) is 3.69. The van der Waals surface area contributed by atoms with Crippen molar-refractivity contribution in [1.29, 1.82) is 0 Å². The van der Waals surface area contributed by atoms with Crippen molar-refractivity contribution in [2.45, 2.75) is 12.6 Å². The molecule has 0 unspecified atom stereocenters. The van der Waals surface area contributed by atoms with Crippen molar-refractivity contribution in [2.75, 3.05) is 12.4 Å². The highest BCUT2D eigenvalue weighted by atomic mass is 127. The zero-order valence-electron chi connectivity index (χ0n) is 7.19. The molecule has 3 nitrogen and oxygen atoms in total. The minimum Gasteiger partial charge on any atom is -0.372 e. The predicted octanol–water partition coefficient (Wildman–Crippen LogP) is 2.23. The van der Waals surface area contributed by atoms with Crippen LogP contribution in [-0.4, -0.2) is 23.2 Å². The van der Waals surface area contributed by atoms with Crippen LogP contribution in [0.1, 0.15) is 5.82 Å². The summed E-state index contributed by atoms with van der Waals surface area (Å²) >= 11 is 1.95. The Morgan fingerprint density at radius 2 is 2.14 bits per heavy atom. The Kier molecular flexibility index (Phi) is 3.51. The molecule has 0 fully saturated rings. The highest BCUT2D eigenvalue weighted by Gasteiger charge is 2.29. The molecule has 14 heavy (non-hydrogen) atoms. The number of hydrogen-bond acceptors (Lipinski definition) is 3. The average Bonchev–Trinajstić information content (AvgIpc) is 2.06. The third-order valence-electron chi connectivity index (χ3n) is 1.39. The number of nitrogens with one attached hydrogen (secondary N) is 1. The van der Waals surface area contributed by atoms with Gasteiger partial charge in [-0.15, -0.1) is 0 Å². The van der Waals surface area contributed by atoms with Crippen LogP contribution in [0, 0.1) is 3.57 Å². The van der Waals surface area contributed by atoms with Crippen LogP contribution in [0.15, 0.2) is 6.20 Å². The third kappa shape index (κ3) is 3.28. The molecule has 0 aliphatic rings. The number of anilines is 1. The minimum atomic E-state index is -4.27. The van der Waals surface area contributed by atoms with Gasteiger partial charge in [0.05, 0.1) is 3.57 Å². The number of aromatic nitrogens is 2. The van der Waals surface area contributed by atoms with E-state index in [1.807, 2.05) is 22.6 Å². The number of alkyl halides is 3. The second-order valence-electron chi connectivity index (χ2n) is 2.52. The van der Waals surface area contributed by atoms with Crippen molar-refractivity contribution in [3.63, 3.8) is 0 Å². The highest BCUT2D eigenvalue weighted by molar-refractivity contribution is 14.1. The molecule has 0 atom stereocenters. The summed E-state index contributed by atoms with van der Waals surface area (Å²) < 4.78 is 36.6. The summed E-state index contributed by atoms with van der Waals surface area (Å²) in [4.78, 5) is 7.32. The van der Waals surface area contributed by atoms with Gasteiger partial charge < -0.3 is 5.32 Å². The lowest BCUT2D eigenvalue weighted by Gasteiger charge is -2.07. The fraction of sp³-hybridized carbons (Fsp3) is 0.429. The highest BCUT2D eigenvalue weighted by Crippen LogP contribution is 2.21. The van der Waals surface area contributed by atoms with Crippen LogP contribution < -0.4 is 5.32 Å². The molecule has 7 heteroatoms. The summed E-state index contributed by atoms with van der Waals surface area (Å²) in [6, 6.07) is 0. The molecule has 0 spiro atoms. The number of halogens is 4. The topological polar surface area (TPSA) is 37.8 Å². The fourth-order valence-electron chi connectivity index (χ4n) is 0.843. The Labute approximate surface area is 92.3 Å². The summed E-state index contributed by atoms with van der Waals surface area (Å²) in [5.74, 6) is 0.196. The Hall–Kier alpha value is -0.600. The van der Waals surface area contributed by atoms with Crippen LogP contribution in [-0.2, 0) is 6.42 Å². The van der Waals surface area contributed by atoms with Gasteiger partial charge in [0.2, 0.25) is 0 Å². The quantitative estimate of drug-likeness (QED) is 0.850. The van der Waals surface area contributed by atoms with Gasteiger partial charge in [0.25, 0.3) is 0 Å². The predicted molar refractivity (Wildman–Crippen MR) is 54.1 cm³/mol. The molecule has 0 amide bonds. The van der Waals surface area contributed by atoms with E-state index in [1.165, 1.54) is 6.20 Å². The number of nitrogens with zero attached hydrogens (tertiary/aromatic N) is 2. The zero-order chi connectivity index (χ0) is 10.8. The lowest BCUT2D eigenvalue weighted by molar-refractivity contribution is -0.128. The van der Waals surface area contributed by atoms with E-state index in [0.717, 1.165) is 0 Å². The maximum Gasteiger partial charge on any atom is 0.396 e. The first-order chi connectivity index (χ1) is 6.42. The second kappa shape index (κ2) is 4.28. The number of rotatable bonds is 2. The fourth-order valence-corrected chi connectivity index (χ4v) is 1.37. The van der Waals surface area contributed by atoms with Crippen LogP contribution in [0.5, 0.6) is 0 Å². The Bertz CT molecular complexity index is 326. The van der Waals surface area contributed by atoms with Crippen molar-refractivity contribution in [1.82, 2.24) is 9.97 Å². The number of hydrogen-bond donors (Lipinski definition) is 1. The lowest BCUT2D eigenvalue weighted by Crippen LogP contribution is -2.15. The molecule has 1 aromatic rings. The summed E-state index contributed by atoms with van der Waals surface area (Å²) in [6.45, 7) is 0. The Balaban J connectivity index is 2.90. The molecule has 0 aliphatic heterocycles. The van der Waals surface area contributed by atoms with Crippen LogP contribution in [0.4, 0.5) is 19.0 Å². The van der Waals surface area contributed by atoms with E-state index in [-0.39, 0.29) is 5.82 Å². The molecule has 0 aromatic carbocycles. The van der Waals surface area contributed by atoms with E-state index in [9.17, 15) is 13.2 Å². The maximum atomic E-state index is 12.0. The zero-order valence-corrected chi connectivity index (χ0v) is 9.35. The molecule has 0 saturated heterocycles. The van der Waals surface area contributed by atoms with Crippen molar-refractivity contribution in [3.8, 4) is 0 Å². The minimum absolute atomic E-state index is 0.220. The Morgan fingerprint density at radius 1 is 1.50 bits per heavy atom. The van der Waals surface area contributed by atoms with E-state index < -0.39 is 12.6 Å². The largest absolute Gasteiger partial charge is 0.396 e. The van der Waals surface area contributed by atoms with Gasteiger partial charge in [-0.05, 0) is 22.6 Å². The van der Waals surface area contributed by atoms with Crippen molar-refractivity contribution < 1.29 is 13.2 Å². The molecule has 0 bridgehead atoms. The van der Waals surface area contributed by atoms with E-state index in [2.05, 4.69) is 15.3 Å². The van der Waals surface area contributed by atoms with Gasteiger partial charge in [-0.25, -0.2) is 9.97 Å². The molecule has 1 aromatic heterocycles. The van der Waals surface area contributed by atoms with Gasteiger partial charge in [0.15, 0.2) is 0 Å². The molecule has 1 heterocycles. The van der Waals surface area contributed by atoms with Gasteiger partial charge in [0.1, 0.15) is 18.1 Å². The van der Waals surface area contributed by atoms with Gasteiger partial charge >= 0.3 is 6.18 Å². The van der Waals surface area contributed by atoms with Crippen molar-refractivity contribution >= 4 is 28.4 Å². The first-order valence-electron chi connectivity index (χ1n) is 3.68. The van der Waals surface area contributed by atoms with E-state index in [4.69, 9.17) is 0 Å². The van der Waals surface area contributed by atoms with Crippen LogP contribution >= 0.6 is 22.6 Å². The van der Waals surface area contributed by atoms with Gasteiger partial charge in [-0.1, -0.05) is 0 Å². The third-order valence-corrected chi connectivity index (χ3v) is 2.18. The molecule has 0 radical (unpaired) electrons. The van der Waals surface area contributed by atoms with Crippen molar-refractivity contribution in [2.24, 2.45) is 0 Å². The lowest BCUT2D eigenvalue weighted by atomic mass is 10.4. The molecule has 78 valence electrons. The van der Waals surface area contributed by atoms with E-state index in [0.29, 0.717) is 9.39 Å². The van der Waals surface area contributed by atoms with Crippen LogP contribution in [0.3, 0.4) is 0 Å². The summed E-state index contributed by atoms with van der Waals surface area (Å²) in [5.41, 5.74) is 0. The maximum absolute atomic E-state index is 12.0. The normalized spacial score (nSPS) is 11.5. The molecular formula is C7H7F3IN3. The van der Waals surface area contributed by atoms with Crippen LogP contribution in [0.2, 0.25) is 0 Å². The van der Waals surface area contributed by atoms with Gasteiger partial charge in [-0.3, -0.25) is 0 Å². The van der Waals surface area contributed by atoms with Crippen LogP contribution in [0.25, 0.3) is 0 Å². The standard InChI is InChI=1S/C7H7F3IN3/c1-12-6-4(11)3-13-5(14-6)2-7(8,9)10/h3H,2H2,1H3,(H,12,13,14). The average molecular weight is 317 g/mol. The summed E-state index contributed by atoms with van der Waals surface area (Å²) in [5, 5.41) is 2.70. The molecule has 0 aliphatic carbocycles. The summed E-state index contributed by atoms with van der Waals surface area (Å²) in [7, 11) is 1.60. The van der Waals surface area contributed by atoms with Gasteiger partial charge in [-0.2, -0.15) is 13.2 Å². The monoisotopic (exact) mass is 317 g/mol. The Morgan fingerprint density at radius 3 is 2.64 bits per heavy atom. The SMILES string of the molecule is CNc1nc(CC(F)(F)F)ncc1I. The molecule has 1 N–H and O–H groups in total. The molecular weight excluding hydrogens is 310 g/mol. The molecule has 0 saturated carbocycles. The van der Waals surface area contributed by atoms with Gasteiger partial charge in [0, 0.05) is 13.2 Å². The first kappa shape index (κ1) is 11.5. The van der Waals surface area contributed by atoms with E-state index >= 15 is 0 Å². The summed E-state index contributed by atoms with van der Waals surface area (Å²) in [6.07, 6.45) is -4.00. The smallest absolute Gasteiger partial charge is 0.372 e.